The summed E-state index contributed by atoms with van der Waals surface area (Å²) in [6.07, 6.45) is 3.24. The van der Waals surface area contributed by atoms with E-state index in [0.29, 0.717) is 24.2 Å². The molecule has 2 N–H and O–H groups in total. The van der Waals surface area contributed by atoms with Gasteiger partial charge in [-0.1, -0.05) is 25.1 Å². The second-order valence-electron chi connectivity index (χ2n) is 5.60. The van der Waals surface area contributed by atoms with Gasteiger partial charge in [0.2, 0.25) is 5.56 Å². The average molecular weight is 324 g/mol. The Hall–Kier alpha value is -2.89. The number of nitrogens with one attached hydrogen (secondary N) is 2. The molecule has 0 saturated carbocycles. The highest BCUT2D eigenvalue weighted by Gasteiger charge is 2.10. The van der Waals surface area contributed by atoms with Crippen molar-refractivity contribution in [1.82, 2.24) is 20.1 Å². The summed E-state index contributed by atoms with van der Waals surface area (Å²) in [6.45, 7) is 3.19. The average Bonchev–Trinajstić information content (AvgIpc) is 3.01. The summed E-state index contributed by atoms with van der Waals surface area (Å²) < 4.78 is 1.94. The summed E-state index contributed by atoms with van der Waals surface area (Å²) in [5.74, 6) is -0.159. The Balaban J connectivity index is 1.57. The van der Waals surface area contributed by atoms with Crippen LogP contribution in [-0.4, -0.2) is 27.2 Å². The van der Waals surface area contributed by atoms with Crippen molar-refractivity contribution in [2.75, 3.05) is 6.54 Å². The lowest BCUT2D eigenvalue weighted by Gasteiger charge is -2.09. The maximum absolute atomic E-state index is 12.3. The van der Waals surface area contributed by atoms with Gasteiger partial charge in [0.25, 0.3) is 5.91 Å². The number of aryl methyl sites for hydroxylation is 2. The molecule has 0 fully saturated rings. The summed E-state index contributed by atoms with van der Waals surface area (Å²) in [4.78, 5) is 26.3. The number of pyridine rings is 1. The van der Waals surface area contributed by atoms with Gasteiger partial charge < -0.3 is 10.3 Å². The van der Waals surface area contributed by atoms with Gasteiger partial charge in [-0.3, -0.25) is 14.3 Å². The van der Waals surface area contributed by atoms with E-state index in [1.54, 1.807) is 6.07 Å². The minimum atomic E-state index is -0.186. The molecule has 2 heterocycles. The molecule has 3 aromatic rings. The van der Waals surface area contributed by atoms with Crippen LogP contribution >= 0.6 is 0 Å². The van der Waals surface area contributed by atoms with Gasteiger partial charge in [0, 0.05) is 30.2 Å². The second kappa shape index (κ2) is 7.12. The number of hydrogen-bond acceptors (Lipinski definition) is 3. The molecule has 0 atom stereocenters. The fourth-order valence-electron chi connectivity index (χ4n) is 2.74. The van der Waals surface area contributed by atoms with Crippen LogP contribution in [0.1, 0.15) is 29.4 Å². The molecular formula is C18H20N4O2. The first-order chi connectivity index (χ1) is 11.7. The van der Waals surface area contributed by atoms with Crippen molar-refractivity contribution in [2.24, 2.45) is 0 Å². The Morgan fingerprint density at radius 3 is 2.92 bits per heavy atom. The number of benzene rings is 1. The standard InChI is InChI=1S/C18H20N4O2/c1-2-15-14(8-9-17(23)21-15)18(24)19-10-5-11-22-16-7-4-3-6-13(16)12-20-22/h3-4,6-9,12H,2,5,10-11H2,1H3,(H,19,24)(H,21,23). The van der Waals surface area contributed by atoms with E-state index >= 15 is 0 Å². The third-order valence-corrected chi connectivity index (χ3v) is 3.98. The lowest BCUT2D eigenvalue weighted by molar-refractivity contribution is 0.0951. The molecule has 2 aromatic heterocycles. The molecule has 0 aliphatic carbocycles. The number of H-pyrrole nitrogens is 1. The number of amides is 1. The fourth-order valence-corrected chi connectivity index (χ4v) is 2.74. The van der Waals surface area contributed by atoms with Crippen molar-refractivity contribution in [3.8, 4) is 0 Å². The van der Waals surface area contributed by atoms with Crippen LogP contribution in [0.3, 0.4) is 0 Å². The Bertz CT molecular complexity index is 911. The zero-order valence-electron chi connectivity index (χ0n) is 13.6. The predicted octanol–water partition coefficient (Wildman–Crippen LogP) is 2.11. The van der Waals surface area contributed by atoms with E-state index in [-0.39, 0.29) is 11.5 Å². The first-order valence-corrected chi connectivity index (χ1v) is 8.10. The molecule has 0 saturated heterocycles. The Morgan fingerprint density at radius 2 is 2.08 bits per heavy atom. The number of nitrogens with zero attached hydrogens (tertiary/aromatic N) is 2. The summed E-state index contributed by atoms with van der Waals surface area (Å²) in [5, 5.41) is 8.39. The zero-order chi connectivity index (χ0) is 16.9. The predicted molar refractivity (Wildman–Crippen MR) is 93.1 cm³/mol. The molecule has 0 aliphatic rings. The lowest BCUT2D eigenvalue weighted by atomic mass is 10.1. The fraction of sp³-hybridized carbons (Fsp3) is 0.278. The number of rotatable bonds is 6. The minimum absolute atomic E-state index is 0.159. The number of aromatic amines is 1. The van der Waals surface area contributed by atoms with Crippen molar-refractivity contribution >= 4 is 16.8 Å². The van der Waals surface area contributed by atoms with Crippen molar-refractivity contribution in [1.29, 1.82) is 0 Å². The van der Waals surface area contributed by atoms with Gasteiger partial charge in [-0.2, -0.15) is 5.10 Å². The van der Waals surface area contributed by atoms with Gasteiger partial charge >= 0.3 is 0 Å². The number of fused-ring (bicyclic) bond motifs is 1. The van der Waals surface area contributed by atoms with Crippen LogP contribution < -0.4 is 10.9 Å². The molecule has 0 unspecified atom stereocenters. The molecule has 24 heavy (non-hydrogen) atoms. The lowest BCUT2D eigenvalue weighted by Crippen LogP contribution is -2.27. The Kier molecular flexibility index (Phi) is 4.74. The largest absolute Gasteiger partial charge is 0.352 e. The molecule has 0 aliphatic heterocycles. The molecule has 6 heteroatoms. The smallest absolute Gasteiger partial charge is 0.253 e. The molecule has 0 radical (unpaired) electrons. The molecule has 0 bridgehead atoms. The van der Waals surface area contributed by atoms with Crippen molar-refractivity contribution in [2.45, 2.75) is 26.3 Å². The van der Waals surface area contributed by atoms with Crippen LogP contribution in [0.4, 0.5) is 0 Å². The quantitative estimate of drug-likeness (QED) is 0.682. The van der Waals surface area contributed by atoms with E-state index in [1.807, 2.05) is 42.1 Å². The molecule has 1 amide bonds. The molecular weight excluding hydrogens is 304 g/mol. The van der Waals surface area contributed by atoms with Crippen molar-refractivity contribution in [3.05, 3.63) is 64.2 Å². The topological polar surface area (TPSA) is 79.8 Å². The van der Waals surface area contributed by atoms with Crippen LogP contribution in [0.5, 0.6) is 0 Å². The van der Waals surface area contributed by atoms with Gasteiger partial charge in [0.15, 0.2) is 0 Å². The maximum Gasteiger partial charge on any atom is 0.253 e. The maximum atomic E-state index is 12.3. The third-order valence-electron chi connectivity index (χ3n) is 3.98. The number of para-hydroxylation sites is 1. The van der Waals surface area contributed by atoms with E-state index in [1.165, 1.54) is 6.07 Å². The van der Waals surface area contributed by atoms with Crippen molar-refractivity contribution < 1.29 is 4.79 Å². The summed E-state index contributed by atoms with van der Waals surface area (Å²) in [5.41, 5.74) is 2.10. The first kappa shape index (κ1) is 16.0. The zero-order valence-corrected chi connectivity index (χ0v) is 13.6. The summed E-state index contributed by atoms with van der Waals surface area (Å²) in [6, 6.07) is 11.0. The van der Waals surface area contributed by atoms with E-state index in [2.05, 4.69) is 15.4 Å². The van der Waals surface area contributed by atoms with E-state index in [4.69, 9.17) is 0 Å². The van der Waals surface area contributed by atoms with Gasteiger partial charge in [-0.25, -0.2) is 0 Å². The molecule has 6 nitrogen and oxygen atoms in total. The number of carbonyl (C=O) groups excluding carboxylic acids is 1. The Morgan fingerprint density at radius 1 is 1.25 bits per heavy atom. The summed E-state index contributed by atoms with van der Waals surface area (Å²) in [7, 11) is 0. The summed E-state index contributed by atoms with van der Waals surface area (Å²) >= 11 is 0. The highest BCUT2D eigenvalue weighted by Crippen LogP contribution is 2.12. The first-order valence-electron chi connectivity index (χ1n) is 8.10. The van der Waals surface area contributed by atoms with Gasteiger partial charge in [0.1, 0.15) is 0 Å². The highest BCUT2D eigenvalue weighted by atomic mass is 16.1. The van der Waals surface area contributed by atoms with Crippen LogP contribution in [-0.2, 0) is 13.0 Å². The minimum Gasteiger partial charge on any atom is -0.352 e. The van der Waals surface area contributed by atoms with Gasteiger partial charge in [-0.15, -0.1) is 0 Å². The van der Waals surface area contributed by atoms with Gasteiger partial charge in [-0.05, 0) is 25.0 Å². The van der Waals surface area contributed by atoms with E-state index < -0.39 is 0 Å². The third kappa shape index (κ3) is 3.37. The SMILES string of the molecule is CCc1[nH]c(=O)ccc1C(=O)NCCCn1ncc2ccccc21. The number of hydrogen-bond donors (Lipinski definition) is 2. The normalized spacial score (nSPS) is 10.9. The van der Waals surface area contributed by atoms with Crippen molar-refractivity contribution in [3.63, 3.8) is 0 Å². The molecule has 124 valence electrons. The number of carbonyl (C=O) groups is 1. The molecule has 0 spiro atoms. The monoisotopic (exact) mass is 324 g/mol. The highest BCUT2D eigenvalue weighted by molar-refractivity contribution is 5.95. The van der Waals surface area contributed by atoms with Crippen LogP contribution in [0.2, 0.25) is 0 Å². The van der Waals surface area contributed by atoms with Crippen LogP contribution in [0.25, 0.3) is 10.9 Å². The molecule has 1 aromatic carbocycles. The second-order valence-corrected chi connectivity index (χ2v) is 5.60. The van der Waals surface area contributed by atoms with Crippen LogP contribution in [0, 0.1) is 0 Å². The number of aromatic nitrogens is 3. The Labute approximate surface area is 139 Å². The van der Waals surface area contributed by atoms with E-state index in [9.17, 15) is 9.59 Å². The van der Waals surface area contributed by atoms with Gasteiger partial charge in [0.05, 0.1) is 17.3 Å². The van der Waals surface area contributed by atoms with Crippen LogP contribution in [0.15, 0.2) is 47.4 Å². The molecule has 3 rings (SSSR count). The van der Waals surface area contributed by atoms with E-state index in [0.717, 1.165) is 23.9 Å².